The lowest BCUT2D eigenvalue weighted by molar-refractivity contribution is -0.137. The van der Waals surface area contributed by atoms with E-state index in [1.807, 2.05) is 0 Å². The van der Waals surface area contributed by atoms with E-state index in [1.165, 1.54) is 12.1 Å². The average Bonchev–Trinajstić information content (AvgIpc) is 3.11. The van der Waals surface area contributed by atoms with Crippen LogP contribution in [0.25, 0.3) is 0 Å². The fourth-order valence-corrected chi connectivity index (χ4v) is 3.95. The van der Waals surface area contributed by atoms with Gasteiger partial charge in [-0.15, -0.1) is 0 Å². The molecule has 0 unspecified atom stereocenters. The molecule has 1 aromatic carbocycles. The molecule has 122 valence electrons. The zero-order valence-electron chi connectivity index (χ0n) is 12.0. The highest BCUT2D eigenvalue weighted by Gasteiger charge is 2.55. The molecule has 0 radical (unpaired) electrons. The maximum Gasteiger partial charge on any atom is 0.416 e. The van der Waals surface area contributed by atoms with E-state index in [9.17, 15) is 22.8 Å². The van der Waals surface area contributed by atoms with E-state index < -0.39 is 23.8 Å². The SMILES string of the molecule is O=C1[C@@H]2[C@@H]3CC[C@@H](C3)N2C(=O)NN1c1cccc(C(F)(F)F)c1. The Bertz CT molecular complexity index is 691. The Hall–Kier alpha value is -2.25. The molecular weight excluding hydrogens is 311 g/mol. The van der Waals surface area contributed by atoms with E-state index >= 15 is 0 Å². The second-order valence-electron chi connectivity index (χ2n) is 6.22. The summed E-state index contributed by atoms with van der Waals surface area (Å²) >= 11 is 0. The third kappa shape index (κ3) is 2.08. The predicted molar refractivity (Wildman–Crippen MR) is 74.2 cm³/mol. The molecule has 5 nitrogen and oxygen atoms in total. The van der Waals surface area contributed by atoms with Gasteiger partial charge in [0.05, 0.1) is 11.3 Å². The largest absolute Gasteiger partial charge is 0.416 e. The first-order chi connectivity index (χ1) is 10.9. The van der Waals surface area contributed by atoms with Crippen LogP contribution in [-0.4, -0.2) is 28.9 Å². The minimum Gasteiger partial charge on any atom is -0.308 e. The molecule has 2 aliphatic heterocycles. The first-order valence-electron chi connectivity index (χ1n) is 7.46. The molecule has 0 aromatic heterocycles. The Morgan fingerprint density at radius 2 is 1.96 bits per heavy atom. The highest BCUT2D eigenvalue weighted by Crippen LogP contribution is 2.44. The van der Waals surface area contributed by atoms with Crippen LogP contribution in [-0.2, 0) is 11.0 Å². The van der Waals surface area contributed by atoms with Crippen molar-refractivity contribution < 1.29 is 22.8 Å². The quantitative estimate of drug-likeness (QED) is 0.863. The molecule has 4 rings (SSSR count). The summed E-state index contributed by atoms with van der Waals surface area (Å²) in [6, 6.07) is 3.51. The highest BCUT2D eigenvalue weighted by molar-refractivity contribution is 6.04. The lowest BCUT2D eigenvalue weighted by Gasteiger charge is -2.42. The minimum atomic E-state index is -4.50. The molecular formula is C15H14F3N3O2. The van der Waals surface area contributed by atoms with E-state index in [-0.39, 0.29) is 23.6 Å². The summed E-state index contributed by atoms with van der Waals surface area (Å²) in [5.41, 5.74) is 1.59. The normalized spacial score (nSPS) is 29.8. The number of hydrogen-bond donors (Lipinski definition) is 1. The minimum absolute atomic E-state index is 0.0283. The molecule has 2 bridgehead atoms. The maximum absolute atomic E-state index is 12.8. The van der Waals surface area contributed by atoms with E-state index in [2.05, 4.69) is 5.43 Å². The number of alkyl halides is 3. The molecule has 1 aromatic rings. The first-order valence-corrected chi connectivity index (χ1v) is 7.46. The van der Waals surface area contributed by atoms with E-state index in [1.54, 1.807) is 4.90 Å². The van der Waals surface area contributed by atoms with Crippen molar-refractivity contribution in [3.63, 3.8) is 0 Å². The lowest BCUT2D eigenvalue weighted by Crippen LogP contribution is -2.67. The van der Waals surface area contributed by atoms with Gasteiger partial charge in [-0.25, -0.2) is 15.2 Å². The van der Waals surface area contributed by atoms with Crippen molar-refractivity contribution in [2.24, 2.45) is 5.92 Å². The number of halogens is 3. The zero-order valence-corrected chi connectivity index (χ0v) is 12.0. The Labute approximate surface area is 130 Å². The van der Waals surface area contributed by atoms with Crippen molar-refractivity contribution in [3.8, 4) is 0 Å². The Balaban J connectivity index is 1.68. The molecule has 2 heterocycles. The molecule has 8 heteroatoms. The van der Waals surface area contributed by atoms with Gasteiger partial charge in [0.2, 0.25) is 0 Å². The summed E-state index contributed by atoms with van der Waals surface area (Å²) < 4.78 is 38.5. The number of piperidine rings is 1. The van der Waals surface area contributed by atoms with Gasteiger partial charge in [-0.05, 0) is 43.4 Å². The number of carbonyl (C=O) groups is 2. The Morgan fingerprint density at radius 1 is 1.17 bits per heavy atom. The van der Waals surface area contributed by atoms with Gasteiger partial charge >= 0.3 is 12.2 Å². The van der Waals surface area contributed by atoms with Gasteiger partial charge in [0, 0.05) is 6.04 Å². The van der Waals surface area contributed by atoms with E-state index in [4.69, 9.17) is 0 Å². The van der Waals surface area contributed by atoms with Crippen molar-refractivity contribution in [3.05, 3.63) is 29.8 Å². The van der Waals surface area contributed by atoms with Crippen LogP contribution in [0.1, 0.15) is 24.8 Å². The van der Waals surface area contributed by atoms with Crippen LogP contribution in [0.4, 0.5) is 23.7 Å². The summed E-state index contributed by atoms with van der Waals surface area (Å²) in [6.45, 7) is 0. The van der Waals surface area contributed by atoms with Crippen molar-refractivity contribution in [2.75, 3.05) is 5.01 Å². The van der Waals surface area contributed by atoms with Gasteiger partial charge in [-0.3, -0.25) is 4.79 Å². The van der Waals surface area contributed by atoms with Crippen LogP contribution in [0, 0.1) is 5.92 Å². The number of hydrogen-bond acceptors (Lipinski definition) is 2. The Kier molecular flexibility index (Phi) is 2.88. The van der Waals surface area contributed by atoms with Gasteiger partial charge < -0.3 is 4.90 Å². The van der Waals surface area contributed by atoms with Crippen molar-refractivity contribution in [1.29, 1.82) is 0 Å². The topological polar surface area (TPSA) is 52.7 Å². The van der Waals surface area contributed by atoms with Gasteiger partial charge in [0.15, 0.2) is 0 Å². The summed E-state index contributed by atoms with van der Waals surface area (Å²) in [7, 11) is 0. The molecule has 23 heavy (non-hydrogen) atoms. The van der Waals surface area contributed by atoms with E-state index in [0.29, 0.717) is 0 Å². The number of anilines is 1. The third-order valence-corrected chi connectivity index (χ3v) is 4.93. The molecule has 0 spiro atoms. The average molecular weight is 325 g/mol. The van der Waals surface area contributed by atoms with Crippen LogP contribution >= 0.6 is 0 Å². The second kappa shape index (κ2) is 4.62. The molecule has 3 aliphatic rings. The van der Waals surface area contributed by atoms with Crippen molar-refractivity contribution in [1.82, 2.24) is 10.3 Å². The fourth-order valence-electron chi connectivity index (χ4n) is 3.95. The standard InChI is InChI=1S/C15H14F3N3O2/c16-15(17,18)9-2-1-3-11(7-9)21-13(22)12-8-4-5-10(6-8)20(12)14(23)19-21/h1-3,7-8,10,12H,4-6H2,(H,19,23)/t8-,10+,12+/m1/s1. The summed E-state index contributed by atoms with van der Waals surface area (Å²) in [5, 5.41) is 0.958. The van der Waals surface area contributed by atoms with Crippen LogP contribution in [0.15, 0.2) is 24.3 Å². The molecule has 3 amide bonds. The van der Waals surface area contributed by atoms with Gasteiger partial charge in [0.1, 0.15) is 6.04 Å². The third-order valence-electron chi connectivity index (χ3n) is 4.93. The van der Waals surface area contributed by atoms with Gasteiger partial charge in [0.25, 0.3) is 5.91 Å². The van der Waals surface area contributed by atoms with Crippen molar-refractivity contribution >= 4 is 17.6 Å². The molecule has 1 saturated carbocycles. The molecule has 1 N–H and O–H groups in total. The predicted octanol–water partition coefficient (Wildman–Crippen LogP) is 2.53. The van der Waals surface area contributed by atoms with Crippen LogP contribution in [0.5, 0.6) is 0 Å². The van der Waals surface area contributed by atoms with Crippen LogP contribution in [0.2, 0.25) is 0 Å². The van der Waals surface area contributed by atoms with Crippen molar-refractivity contribution in [2.45, 2.75) is 37.5 Å². The summed E-state index contributed by atoms with van der Waals surface area (Å²) in [5.74, 6) is -0.261. The molecule has 3 atom stereocenters. The van der Waals surface area contributed by atoms with Crippen LogP contribution in [0.3, 0.4) is 0 Å². The summed E-state index contributed by atoms with van der Waals surface area (Å²) in [6.07, 6.45) is -1.95. The monoisotopic (exact) mass is 325 g/mol. The smallest absolute Gasteiger partial charge is 0.308 e. The number of nitrogens with one attached hydrogen (secondary N) is 1. The lowest BCUT2D eigenvalue weighted by atomic mass is 9.97. The maximum atomic E-state index is 12.8. The number of fused-ring (bicyclic) bond motifs is 5. The molecule has 3 fully saturated rings. The second-order valence-corrected chi connectivity index (χ2v) is 6.22. The van der Waals surface area contributed by atoms with Gasteiger partial charge in [-0.2, -0.15) is 13.2 Å². The van der Waals surface area contributed by atoms with E-state index in [0.717, 1.165) is 36.4 Å². The van der Waals surface area contributed by atoms with Gasteiger partial charge in [-0.1, -0.05) is 6.07 Å². The summed E-state index contributed by atoms with van der Waals surface area (Å²) in [4.78, 5) is 26.5. The number of hydrazine groups is 1. The Morgan fingerprint density at radius 3 is 2.70 bits per heavy atom. The number of nitrogens with zero attached hydrogens (tertiary/aromatic N) is 2. The molecule has 1 aliphatic carbocycles. The number of carbonyl (C=O) groups excluding carboxylic acids is 2. The molecule has 2 saturated heterocycles. The number of amides is 3. The highest BCUT2D eigenvalue weighted by atomic mass is 19.4. The number of benzene rings is 1. The first kappa shape index (κ1) is 14.3. The zero-order chi connectivity index (χ0) is 16.4. The number of rotatable bonds is 1. The van der Waals surface area contributed by atoms with Crippen LogP contribution < -0.4 is 10.4 Å². The fraction of sp³-hybridized carbons (Fsp3) is 0.467. The number of urea groups is 1.